The summed E-state index contributed by atoms with van der Waals surface area (Å²) in [7, 11) is 0. The van der Waals surface area contributed by atoms with E-state index in [-0.39, 0.29) is 25.5 Å². The van der Waals surface area contributed by atoms with E-state index in [1.807, 2.05) is 78.9 Å². The first-order valence-electron chi connectivity index (χ1n) is 11.9. The molecule has 3 aromatic rings. The summed E-state index contributed by atoms with van der Waals surface area (Å²) < 4.78 is 0.916. The average molecular weight is 596 g/mol. The number of hydrogen-bond donors (Lipinski definition) is 2. The minimum absolute atomic E-state index is 0.100. The first kappa shape index (κ1) is 26.1. The maximum absolute atomic E-state index is 13.7. The van der Waals surface area contributed by atoms with Crippen LogP contribution in [0.4, 0.5) is 11.4 Å². The highest BCUT2D eigenvalue weighted by Gasteiger charge is 2.53. The lowest BCUT2D eigenvalue weighted by Crippen LogP contribution is -2.42. The molecule has 0 aromatic heterocycles. The van der Waals surface area contributed by atoms with Gasteiger partial charge in [0.25, 0.3) is 5.91 Å². The number of anilines is 2. The predicted molar refractivity (Wildman–Crippen MR) is 149 cm³/mol. The fourth-order valence-corrected chi connectivity index (χ4v) is 5.03. The van der Waals surface area contributed by atoms with Gasteiger partial charge < -0.3 is 15.1 Å². The van der Waals surface area contributed by atoms with E-state index in [9.17, 15) is 19.8 Å². The van der Waals surface area contributed by atoms with Gasteiger partial charge in [0.2, 0.25) is 5.91 Å². The van der Waals surface area contributed by atoms with Crippen molar-refractivity contribution in [3.8, 4) is 0 Å². The van der Waals surface area contributed by atoms with Gasteiger partial charge in [-0.15, -0.1) is 0 Å². The van der Waals surface area contributed by atoms with Crippen molar-refractivity contribution < 1.29 is 19.8 Å². The number of rotatable bonds is 9. The van der Waals surface area contributed by atoms with Crippen LogP contribution >= 0.6 is 22.6 Å². The van der Waals surface area contributed by atoms with E-state index in [4.69, 9.17) is 0 Å². The molecule has 7 heteroatoms. The maximum atomic E-state index is 13.7. The second-order valence-corrected chi connectivity index (χ2v) is 10.1. The van der Waals surface area contributed by atoms with Gasteiger partial charge in [-0.25, -0.2) is 0 Å². The van der Waals surface area contributed by atoms with Crippen molar-refractivity contribution >= 4 is 45.8 Å². The van der Waals surface area contributed by atoms with Crippen molar-refractivity contribution in [2.24, 2.45) is 5.92 Å². The summed E-state index contributed by atoms with van der Waals surface area (Å²) >= 11 is 2.17. The highest BCUT2D eigenvalue weighted by Crippen LogP contribution is 2.48. The lowest BCUT2D eigenvalue weighted by Gasteiger charge is -2.28. The minimum Gasteiger partial charge on any atom is -0.395 e. The van der Waals surface area contributed by atoms with Crippen LogP contribution in [0.3, 0.4) is 0 Å². The van der Waals surface area contributed by atoms with Crippen LogP contribution in [0.2, 0.25) is 0 Å². The third kappa shape index (κ3) is 5.23. The number of benzene rings is 3. The Bertz CT molecular complexity index is 1250. The fraction of sp³-hybridized carbons (Fsp3) is 0.241. The standard InChI is InChI=1S/C29H29IN2O4/c1-21(9-8-14-27(34)31(17-18-33)20-22-10-4-2-5-11-22)29(36)25-19-23(30)15-16-26(25)32(28(29)35)24-12-6-3-7-13-24/h2-13,15-16,19,21,33,36H,14,17-18,20H2,1H3/b9-8+/t21-,29+/m0/s1. The monoisotopic (exact) mass is 596 g/mol. The molecule has 2 N–H and O–H groups in total. The summed E-state index contributed by atoms with van der Waals surface area (Å²) in [5.41, 5.74) is 1.11. The zero-order chi connectivity index (χ0) is 25.7. The maximum Gasteiger partial charge on any atom is 0.268 e. The topological polar surface area (TPSA) is 81.1 Å². The fourth-order valence-electron chi connectivity index (χ4n) is 4.53. The molecular weight excluding hydrogens is 567 g/mol. The molecule has 1 aliphatic rings. The van der Waals surface area contributed by atoms with Crippen LogP contribution in [-0.4, -0.2) is 40.1 Å². The summed E-state index contributed by atoms with van der Waals surface area (Å²) in [6, 6.07) is 24.5. The summed E-state index contributed by atoms with van der Waals surface area (Å²) in [5, 5.41) is 21.2. The van der Waals surface area contributed by atoms with Crippen molar-refractivity contribution in [1.29, 1.82) is 0 Å². The van der Waals surface area contributed by atoms with Gasteiger partial charge >= 0.3 is 0 Å². The van der Waals surface area contributed by atoms with Gasteiger partial charge in [-0.05, 0) is 58.5 Å². The molecule has 36 heavy (non-hydrogen) atoms. The zero-order valence-corrected chi connectivity index (χ0v) is 22.2. The molecule has 6 nitrogen and oxygen atoms in total. The molecule has 4 rings (SSSR count). The molecule has 0 saturated carbocycles. The smallest absolute Gasteiger partial charge is 0.268 e. The number of fused-ring (bicyclic) bond motifs is 1. The lowest BCUT2D eigenvalue weighted by molar-refractivity contribution is -0.138. The average Bonchev–Trinajstić information content (AvgIpc) is 3.11. The number of carbonyl (C=O) groups excluding carboxylic acids is 2. The van der Waals surface area contributed by atoms with Crippen LogP contribution < -0.4 is 4.90 Å². The first-order valence-corrected chi connectivity index (χ1v) is 13.0. The van der Waals surface area contributed by atoms with E-state index >= 15 is 0 Å². The lowest BCUT2D eigenvalue weighted by atomic mass is 9.83. The van der Waals surface area contributed by atoms with E-state index in [0.717, 1.165) is 9.13 Å². The summed E-state index contributed by atoms with van der Waals surface area (Å²) in [6.07, 6.45) is 3.53. The molecule has 1 aliphatic heterocycles. The number of hydrogen-bond acceptors (Lipinski definition) is 4. The Hall–Kier alpha value is -3.01. The molecule has 2 atom stereocenters. The summed E-state index contributed by atoms with van der Waals surface area (Å²) in [5.74, 6) is -1.13. The molecule has 2 amide bonds. The SMILES string of the molecule is C[C@@H](/C=C/CC(=O)N(CCO)Cc1ccccc1)[C@]1(O)C(=O)N(c2ccccc2)c2ccc(I)cc21. The zero-order valence-electron chi connectivity index (χ0n) is 20.0. The van der Waals surface area contributed by atoms with Gasteiger partial charge in [0.15, 0.2) is 5.60 Å². The molecule has 0 unspecified atom stereocenters. The number of aliphatic hydroxyl groups excluding tert-OH is 1. The van der Waals surface area contributed by atoms with Crippen LogP contribution in [0.15, 0.2) is 91.0 Å². The van der Waals surface area contributed by atoms with Crippen molar-refractivity contribution in [1.82, 2.24) is 4.90 Å². The largest absolute Gasteiger partial charge is 0.395 e. The number of aliphatic hydroxyl groups is 2. The third-order valence-corrected chi connectivity index (χ3v) is 7.14. The Kier molecular flexibility index (Phi) is 8.23. The van der Waals surface area contributed by atoms with Gasteiger partial charge in [0, 0.05) is 40.2 Å². The van der Waals surface area contributed by atoms with Gasteiger partial charge in [-0.2, -0.15) is 0 Å². The number of amides is 2. The van der Waals surface area contributed by atoms with Crippen LogP contribution in [0.1, 0.15) is 24.5 Å². The molecule has 3 aromatic carbocycles. The molecule has 1 heterocycles. The second kappa shape index (κ2) is 11.4. The van der Waals surface area contributed by atoms with Crippen molar-refractivity contribution in [3.63, 3.8) is 0 Å². The quantitative estimate of drug-likeness (QED) is 0.276. The van der Waals surface area contributed by atoms with E-state index in [2.05, 4.69) is 22.6 Å². The van der Waals surface area contributed by atoms with Gasteiger partial charge in [0.1, 0.15) is 0 Å². The van der Waals surface area contributed by atoms with E-state index < -0.39 is 17.4 Å². The molecule has 0 aliphatic carbocycles. The molecule has 0 bridgehead atoms. The van der Waals surface area contributed by atoms with Crippen molar-refractivity contribution in [2.45, 2.75) is 25.5 Å². The van der Waals surface area contributed by atoms with Crippen LogP contribution in [0.5, 0.6) is 0 Å². The van der Waals surface area contributed by atoms with Crippen molar-refractivity contribution in [2.75, 3.05) is 18.1 Å². The van der Waals surface area contributed by atoms with Crippen LogP contribution in [-0.2, 0) is 21.7 Å². The van der Waals surface area contributed by atoms with E-state index in [0.29, 0.717) is 23.5 Å². The molecule has 186 valence electrons. The Balaban J connectivity index is 1.54. The van der Waals surface area contributed by atoms with Crippen LogP contribution in [0.25, 0.3) is 0 Å². The Morgan fingerprint density at radius 3 is 2.42 bits per heavy atom. The molecule has 0 radical (unpaired) electrons. The highest BCUT2D eigenvalue weighted by atomic mass is 127. The van der Waals surface area contributed by atoms with Crippen LogP contribution in [0, 0.1) is 9.49 Å². The highest BCUT2D eigenvalue weighted by molar-refractivity contribution is 14.1. The predicted octanol–water partition coefficient (Wildman–Crippen LogP) is 4.76. The number of halogens is 1. The number of nitrogens with zero attached hydrogens (tertiary/aromatic N) is 2. The molecule has 0 saturated heterocycles. The Morgan fingerprint density at radius 2 is 1.75 bits per heavy atom. The Labute approximate surface area is 225 Å². The first-order chi connectivity index (χ1) is 17.4. The van der Waals surface area contributed by atoms with E-state index in [1.165, 1.54) is 0 Å². The van der Waals surface area contributed by atoms with E-state index in [1.54, 1.807) is 28.9 Å². The normalized spacial score (nSPS) is 17.9. The molecule has 0 fully saturated rings. The number of para-hydroxylation sites is 1. The Morgan fingerprint density at radius 1 is 1.08 bits per heavy atom. The number of carbonyl (C=O) groups is 2. The minimum atomic E-state index is -1.76. The molecular formula is C29H29IN2O4. The third-order valence-electron chi connectivity index (χ3n) is 6.47. The van der Waals surface area contributed by atoms with Crippen molar-refractivity contribution in [3.05, 3.63) is 106 Å². The second-order valence-electron chi connectivity index (χ2n) is 8.85. The summed E-state index contributed by atoms with van der Waals surface area (Å²) in [4.78, 5) is 29.7. The summed E-state index contributed by atoms with van der Waals surface area (Å²) in [6.45, 7) is 2.30. The van der Waals surface area contributed by atoms with Gasteiger partial charge in [-0.1, -0.05) is 67.6 Å². The van der Waals surface area contributed by atoms with Gasteiger partial charge in [0.05, 0.1) is 12.3 Å². The molecule has 0 spiro atoms. The van der Waals surface area contributed by atoms with Gasteiger partial charge in [-0.3, -0.25) is 14.5 Å².